The average Bonchev–Trinajstić information content (AvgIpc) is 2.76. The molecule has 0 unspecified atom stereocenters. The maximum Gasteiger partial charge on any atom is 0.129 e. The van der Waals surface area contributed by atoms with Crippen molar-refractivity contribution >= 4 is 0 Å². The van der Waals surface area contributed by atoms with Crippen LogP contribution in [-0.2, 0) is 0 Å². The van der Waals surface area contributed by atoms with Gasteiger partial charge >= 0.3 is 0 Å². The van der Waals surface area contributed by atoms with E-state index in [0.717, 1.165) is 0 Å². The lowest BCUT2D eigenvalue weighted by Crippen LogP contribution is -2.75. The summed E-state index contributed by atoms with van der Waals surface area (Å²) in [5.74, 6) is 0. The summed E-state index contributed by atoms with van der Waals surface area (Å²) in [4.78, 5) is 0. The first-order chi connectivity index (χ1) is 14.0. The third-order valence-electron chi connectivity index (χ3n) is 9.63. The number of likely N-dealkylation sites (N-methyl/N-ethyl adjacent to an activating group) is 1. The molecule has 0 aliphatic carbocycles. The number of unbranched alkanes of at least 4 members (excludes halogenated alkanes) is 5. The highest BCUT2D eigenvalue weighted by atomic mass is 15.5. The van der Waals surface area contributed by atoms with Crippen LogP contribution in [0.15, 0.2) is 12.2 Å². The summed E-state index contributed by atoms with van der Waals surface area (Å²) in [6.07, 6.45) is 13.8. The first kappa shape index (κ1) is 21.8. The zero-order valence-corrected chi connectivity index (χ0v) is 19.8. The van der Waals surface area contributed by atoms with E-state index in [-0.39, 0.29) is 0 Å². The van der Waals surface area contributed by atoms with Gasteiger partial charge in [-0.2, -0.15) is 0 Å². The van der Waals surface area contributed by atoms with Gasteiger partial charge in [0, 0.05) is 0 Å². The Morgan fingerprint density at radius 3 is 1.45 bits per heavy atom. The fourth-order valence-corrected chi connectivity index (χ4v) is 6.68. The molecule has 166 valence electrons. The Hall–Kier alpha value is -0.420. The maximum atomic E-state index is 2.59. The van der Waals surface area contributed by atoms with Gasteiger partial charge < -0.3 is 17.9 Å². The van der Waals surface area contributed by atoms with E-state index in [4.69, 9.17) is 0 Å². The molecule has 0 N–H and O–H groups in total. The van der Waals surface area contributed by atoms with Crippen molar-refractivity contribution in [2.75, 3.05) is 105 Å². The number of hydrogen-bond acceptors (Lipinski definition) is 0. The smallest absolute Gasteiger partial charge is 0.129 e. The molecule has 0 radical (unpaired) electrons. The molecule has 0 aromatic heterocycles. The van der Waals surface area contributed by atoms with Crippen LogP contribution in [0.2, 0.25) is 0 Å². The van der Waals surface area contributed by atoms with Crippen LogP contribution in [0.5, 0.6) is 0 Å². The molecule has 0 aromatic carbocycles. The van der Waals surface area contributed by atoms with Crippen molar-refractivity contribution in [1.29, 1.82) is 0 Å². The molecule has 0 amide bonds. The summed E-state index contributed by atoms with van der Waals surface area (Å²) in [6.45, 7) is 23.6. The third-order valence-corrected chi connectivity index (χ3v) is 9.63. The lowest BCUT2D eigenvalue weighted by atomic mass is 10.0. The van der Waals surface area contributed by atoms with Crippen LogP contribution in [0.3, 0.4) is 0 Å². The molecule has 4 nitrogen and oxygen atoms in total. The molecule has 29 heavy (non-hydrogen) atoms. The van der Waals surface area contributed by atoms with Gasteiger partial charge in [-0.25, -0.2) is 0 Å². The fraction of sp³-hybridized carbons (Fsp3) is 0.920. The standard InChI is InChI=1S/C25H50N4/c1-3-4-5-6-7-8-11-28-20-23-29(24-21-28,25-22-28)13-10-9-12-27-17-14-26(2,15-18-27)16-19-27/h9-10H,3-8,11-25H2,1-2H3/q+4/b10-9+. The lowest BCUT2D eigenvalue weighted by Gasteiger charge is -2.55. The molecule has 4 bridgehead atoms. The Balaban J connectivity index is 1.17. The van der Waals surface area contributed by atoms with Gasteiger partial charge in [0.25, 0.3) is 0 Å². The van der Waals surface area contributed by atoms with Crippen LogP contribution < -0.4 is 0 Å². The number of piperazine rings is 6. The van der Waals surface area contributed by atoms with Gasteiger partial charge in [-0.05, 0) is 25.0 Å². The lowest BCUT2D eigenvalue weighted by molar-refractivity contribution is -1.08. The molecule has 6 fully saturated rings. The Labute approximate surface area is 181 Å². The molecule has 6 rings (SSSR count). The van der Waals surface area contributed by atoms with Crippen molar-refractivity contribution in [3.05, 3.63) is 12.2 Å². The SMILES string of the molecule is CCCCCCCC[N+]12CC[N+](C/C=C/C[N+]34CC[N+](C)(CC3)CC4)(CC1)CC2. The highest BCUT2D eigenvalue weighted by molar-refractivity contribution is 4.84. The van der Waals surface area contributed by atoms with Gasteiger partial charge in [-0.1, -0.05) is 32.6 Å². The Morgan fingerprint density at radius 1 is 0.517 bits per heavy atom. The van der Waals surface area contributed by atoms with E-state index in [0.29, 0.717) is 0 Å². The molecule has 6 heterocycles. The summed E-state index contributed by atoms with van der Waals surface area (Å²) in [5, 5.41) is 0. The highest BCUT2D eigenvalue weighted by Crippen LogP contribution is 2.28. The number of rotatable bonds is 11. The first-order valence-electron chi connectivity index (χ1n) is 13.0. The topological polar surface area (TPSA) is 0 Å². The first-order valence-corrected chi connectivity index (χ1v) is 13.0. The van der Waals surface area contributed by atoms with Crippen molar-refractivity contribution in [2.24, 2.45) is 0 Å². The van der Waals surface area contributed by atoms with Gasteiger partial charge in [-0.15, -0.1) is 0 Å². The van der Waals surface area contributed by atoms with Crippen LogP contribution in [0.25, 0.3) is 0 Å². The molecule has 0 saturated carbocycles. The van der Waals surface area contributed by atoms with Gasteiger partial charge in [0.15, 0.2) is 0 Å². The molecule has 6 saturated heterocycles. The molecule has 4 heteroatoms. The minimum atomic E-state index is 1.30. The average molecular weight is 407 g/mol. The van der Waals surface area contributed by atoms with E-state index in [1.54, 1.807) is 0 Å². The largest absolute Gasteiger partial charge is 0.312 e. The second kappa shape index (κ2) is 8.98. The minimum absolute atomic E-state index is 1.30. The van der Waals surface area contributed by atoms with Crippen molar-refractivity contribution in [2.45, 2.75) is 45.4 Å². The fourth-order valence-electron chi connectivity index (χ4n) is 6.68. The number of hydrogen-bond donors (Lipinski definition) is 0. The monoisotopic (exact) mass is 406 g/mol. The predicted octanol–water partition coefficient (Wildman–Crippen LogP) is 2.85. The van der Waals surface area contributed by atoms with Crippen LogP contribution in [0, 0.1) is 0 Å². The summed E-state index contributed by atoms with van der Waals surface area (Å²) in [5.41, 5.74) is 0. The zero-order chi connectivity index (χ0) is 20.3. The van der Waals surface area contributed by atoms with Gasteiger partial charge in [0.05, 0.1) is 26.7 Å². The number of nitrogens with zero attached hydrogens (tertiary/aromatic N) is 4. The van der Waals surface area contributed by atoms with E-state index >= 15 is 0 Å². The molecular formula is C25H50N4+4. The number of fused-ring (bicyclic) bond motifs is 6. The third kappa shape index (κ3) is 5.08. The van der Waals surface area contributed by atoms with Gasteiger partial charge in [-0.3, -0.25) is 0 Å². The van der Waals surface area contributed by atoms with E-state index in [2.05, 4.69) is 26.1 Å². The minimum Gasteiger partial charge on any atom is -0.312 e. The van der Waals surface area contributed by atoms with E-state index in [1.807, 2.05) is 0 Å². The van der Waals surface area contributed by atoms with E-state index in [9.17, 15) is 0 Å². The van der Waals surface area contributed by atoms with Crippen LogP contribution in [0.4, 0.5) is 0 Å². The Kier molecular flexibility index (Phi) is 6.75. The summed E-state index contributed by atoms with van der Waals surface area (Å²) in [6, 6.07) is 0. The van der Waals surface area contributed by atoms with Crippen molar-refractivity contribution < 1.29 is 17.9 Å². The van der Waals surface area contributed by atoms with Crippen LogP contribution in [0.1, 0.15) is 45.4 Å². The second-order valence-electron chi connectivity index (χ2n) is 11.7. The van der Waals surface area contributed by atoms with Crippen molar-refractivity contribution in [3.63, 3.8) is 0 Å². The molecule has 0 atom stereocenters. The highest BCUT2D eigenvalue weighted by Gasteiger charge is 2.48. The summed E-state index contributed by atoms with van der Waals surface area (Å²) < 4.78 is 5.61. The van der Waals surface area contributed by atoms with Gasteiger partial charge in [0.2, 0.25) is 0 Å². The van der Waals surface area contributed by atoms with Crippen LogP contribution >= 0.6 is 0 Å². The quantitative estimate of drug-likeness (QED) is 0.281. The molecule has 0 aromatic rings. The maximum absolute atomic E-state index is 2.59. The van der Waals surface area contributed by atoms with Crippen LogP contribution in [-0.4, -0.2) is 123 Å². The Morgan fingerprint density at radius 2 is 0.931 bits per heavy atom. The zero-order valence-electron chi connectivity index (χ0n) is 19.8. The Bertz CT molecular complexity index is 520. The van der Waals surface area contributed by atoms with Crippen molar-refractivity contribution in [1.82, 2.24) is 0 Å². The molecule has 6 aliphatic rings. The van der Waals surface area contributed by atoms with E-state index < -0.39 is 0 Å². The predicted molar refractivity (Wildman–Crippen MR) is 122 cm³/mol. The van der Waals surface area contributed by atoms with Gasteiger partial charge in [0.1, 0.15) is 78.5 Å². The molecule has 6 aliphatic heterocycles. The molecule has 0 spiro atoms. The molecular weight excluding hydrogens is 356 g/mol. The summed E-state index contributed by atoms with van der Waals surface area (Å²) >= 11 is 0. The van der Waals surface area contributed by atoms with E-state index in [1.165, 1.54) is 155 Å². The number of quaternary nitrogens is 4. The normalized spacial score (nSPS) is 41.4. The van der Waals surface area contributed by atoms with Crippen molar-refractivity contribution in [3.8, 4) is 0 Å². The summed E-state index contributed by atoms with van der Waals surface area (Å²) in [7, 11) is 2.47. The second-order valence-corrected chi connectivity index (χ2v) is 11.7.